The van der Waals surface area contributed by atoms with E-state index in [4.69, 9.17) is 4.74 Å². The van der Waals surface area contributed by atoms with E-state index in [1.807, 2.05) is 0 Å². The van der Waals surface area contributed by atoms with Crippen LogP contribution in [0.4, 0.5) is 0 Å². The molecule has 4 unspecified atom stereocenters. The van der Waals surface area contributed by atoms with Gasteiger partial charge in [-0.2, -0.15) is 0 Å². The van der Waals surface area contributed by atoms with Gasteiger partial charge in [-0.25, -0.2) is 4.79 Å². The Morgan fingerprint density at radius 2 is 2.23 bits per heavy atom. The van der Waals surface area contributed by atoms with E-state index in [1.54, 1.807) is 0 Å². The number of hydrogen-bond acceptors (Lipinski definition) is 3. The first kappa shape index (κ1) is 8.75. The van der Waals surface area contributed by atoms with Gasteiger partial charge in [0.1, 0.15) is 6.10 Å². The molecule has 3 heteroatoms. The molecule has 2 saturated carbocycles. The number of carbonyl (C=O) groups excluding carboxylic acids is 1. The van der Waals surface area contributed by atoms with Crippen molar-refractivity contribution in [3.63, 3.8) is 0 Å². The van der Waals surface area contributed by atoms with Crippen molar-refractivity contribution in [2.45, 2.75) is 31.5 Å². The van der Waals surface area contributed by atoms with Crippen LogP contribution in [0.1, 0.15) is 19.3 Å². The van der Waals surface area contributed by atoms with Gasteiger partial charge in [0.05, 0.1) is 6.10 Å². The molecule has 72 valence electrons. The molecule has 0 aromatic carbocycles. The van der Waals surface area contributed by atoms with Crippen LogP contribution >= 0.6 is 0 Å². The molecule has 0 saturated heterocycles. The molecule has 13 heavy (non-hydrogen) atoms. The monoisotopic (exact) mass is 182 g/mol. The van der Waals surface area contributed by atoms with E-state index in [-0.39, 0.29) is 18.2 Å². The van der Waals surface area contributed by atoms with E-state index in [1.165, 1.54) is 6.08 Å². The lowest BCUT2D eigenvalue weighted by Gasteiger charge is -2.24. The van der Waals surface area contributed by atoms with Crippen LogP contribution < -0.4 is 0 Å². The smallest absolute Gasteiger partial charge is 0.330 e. The number of aliphatic hydroxyl groups excluding tert-OH is 1. The van der Waals surface area contributed by atoms with E-state index in [9.17, 15) is 9.90 Å². The van der Waals surface area contributed by atoms with Crippen molar-refractivity contribution in [3.8, 4) is 0 Å². The van der Waals surface area contributed by atoms with Crippen LogP contribution in [0.25, 0.3) is 0 Å². The van der Waals surface area contributed by atoms with E-state index in [2.05, 4.69) is 6.58 Å². The number of rotatable bonds is 2. The summed E-state index contributed by atoms with van der Waals surface area (Å²) in [6, 6.07) is 0. The maximum Gasteiger partial charge on any atom is 0.330 e. The Morgan fingerprint density at radius 1 is 1.46 bits per heavy atom. The normalized spacial score (nSPS) is 41.9. The first-order chi connectivity index (χ1) is 6.20. The topological polar surface area (TPSA) is 46.5 Å². The fraction of sp³-hybridized carbons (Fsp3) is 0.700. The molecule has 0 amide bonds. The lowest BCUT2D eigenvalue weighted by atomic mass is 9.95. The molecule has 4 atom stereocenters. The Balaban J connectivity index is 1.86. The third-order valence-corrected chi connectivity index (χ3v) is 2.99. The summed E-state index contributed by atoms with van der Waals surface area (Å²) in [4.78, 5) is 10.9. The van der Waals surface area contributed by atoms with Crippen LogP contribution in [0, 0.1) is 11.8 Å². The average Bonchev–Trinajstić information content (AvgIpc) is 2.83. The second-order valence-electron chi connectivity index (χ2n) is 3.96. The summed E-state index contributed by atoms with van der Waals surface area (Å²) in [5.74, 6) is 0.696. The summed E-state index contributed by atoms with van der Waals surface area (Å²) in [6.45, 7) is 3.34. The molecule has 0 radical (unpaired) electrons. The van der Waals surface area contributed by atoms with Crippen LogP contribution in [0.3, 0.4) is 0 Å². The third kappa shape index (κ3) is 1.75. The van der Waals surface area contributed by atoms with Crippen molar-refractivity contribution in [2.75, 3.05) is 0 Å². The highest BCUT2D eigenvalue weighted by Gasteiger charge is 2.48. The molecule has 2 aliphatic carbocycles. The maximum atomic E-state index is 10.9. The molecular formula is C10H14O3. The standard InChI is InChI=1S/C10H14O3/c1-2-10(12)13-7-3-6-4-8(6)9(11)5-7/h2,6-9,11H,1,3-5H2. The van der Waals surface area contributed by atoms with Gasteiger partial charge in [0.15, 0.2) is 0 Å². The van der Waals surface area contributed by atoms with Crippen LogP contribution in [0.2, 0.25) is 0 Å². The SMILES string of the molecule is C=CC(=O)OC1CC(O)C2CC2C1. The van der Waals surface area contributed by atoms with Gasteiger partial charge in [-0.05, 0) is 24.7 Å². The summed E-state index contributed by atoms with van der Waals surface area (Å²) in [7, 11) is 0. The minimum Gasteiger partial charge on any atom is -0.459 e. The van der Waals surface area contributed by atoms with Gasteiger partial charge >= 0.3 is 5.97 Å². The van der Waals surface area contributed by atoms with Crippen LogP contribution in [-0.4, -0.2) is 23.3 Å². The predicted octanol–water partition coefficient (Wildman–Crippen LogP) is 0.875. The number of hydrogen-bond donors (Lipinski definition) is 1. The Hall–Kier alpha value is -0.830. The van der Waals surface area contributed by atoms with Crippen molar-refractivity contribution in [2.24, 2.45) is 11.8 Å². The van der Waals surface area contributed by atoms with Crippen molar-refractivity contribution >= 4 is 5.97 Å². The number of esters is 1. The maximum absolute atomic E-state index is 10.9. The summed E-state index contributed by atoms with van der Waals surface area (Å²) < 4.78 is 5.09. The zero-order chi connectivity index (χ0) is 9.42. The zero-order valence-corrected chi connectivity index (χ0v) is 7.48. The lowest BCUT2D eigenvalue weighted by Crippen LogP contribution is -2.29. The van der Waals surface area contributed by atoms with Gasteiger partial charge in [-0.15, -0.1) is 0 Å². The van der Waals surface area contributed by atoms with E-state index >= 15 is 0 Å². The summed E-state index contributed by atoms with van der Waals surface area (Å²) in [5.41, 5.74) is 0. The molecular weight excluding hydrogens is 168 g/mol. The van der Waals surface area contributed by atoms with Crippen LogP contribution in [0.5, 0.6) is 0 Å². The van der Waals surface area contributed by atoms with Gasteiger partial charge < -0.3 is 9.84 Å². The van der Waals surface area contributed by atoms with Gasteiger partial charge in [0.25, 0.3) is 0 Å². The fourth-order valence-corrected chi connectivity index (χ4v) is 2.20. The number of aliphatic hydroxyl groups is 1. The quantitative estimate of drug-likeness (QED) is 0.509. The molecule has 3 nitrogen and oxygen atoms in total. The summed E-state index contributed by atoms with van der Waals surface area (Å²) in [5, 5.41) is 9.56. The lowest BCUT2D eigenvalue weighted by molar-refractivity contribution is -0.146. The number of ether oxygens (including phenoxy) is 1. The van der Waals surface area contributed by atoms with Crippen LogP contribution in [-0.2, 0) is 9.53 Å². The number of fused-ring (bicyclic) bond motifs is 1. The highest BCUT2D eigenvalue weighted by molar-refractivity contribution is 5.81. The van der Waals surface area contributed by atoms with E-state index in [0.717, 1.165) is 12.8 Å². The summed E-state index contributed by atoms with van der Waals surface area (Å²) in [6.07, 6.45) is 3.43. The zero-order valence-electron chi connectivity index (χ0n) is 7.48. The molecule has 0 aliphatic heterocycles. The molecule has 1 N–H and O–H groups in total. The Kier molecular flexibility index (Phi) is 2.12. The average molecular weight is 182 g/mol. The highest BCUT2D eigenvalue weighted by atomic mass is 16.5. The van der Waals surface area contributed by atoms with Crippen molar-refractivity contribution in [3.05, 3.63) is 12.7 Å². The van der Waals surface area contributed by atoms with Crippen molar-refractivity contribution in [1.29, 1.82) is 0 Å². The Bertz CT molecular complexity index is 236. The molecule has 2 aliphatic rings. The van der Waals surface area contributed by atoms with Gasteiger partial charge in [-0.3, -0.25) is 0 Å². The second-order valence-corrected chi connectivity index (χ2v) is 3.96. The second kappa shape index (κ2) is 3.14. The molecule has 2 rings (SSSR count). The van der Waals surface area contributed by atoms with Crippen molar-refractivity contribution in [1.82, 2.24) is 0 Å². The molecule has 2 fully saturated rings. The van der Waals surface area contributed by atoms with E-state index in [0.29, 0.717) is 18.3 Å². The van der Waals surface area contributed by atoms with Gasteiger partial charge in [-0.1, -0.05) is 6.58 Å². The minimum absolute atomic E-state index is 0.0933. The Labute approximate surface area is 77.4 Å². The first-order valence-corrected chi connectivity index (χ1v) is 4.72. The molecule has 0 aromatic heterocycles. The molecule has 0 spiro atoms. The molecule has 0 bridgehead atoms. The van der Waals surface area contributed by atoms with Gasteiger partial charge in [0.2, 0.25) is 0 Å². The summed E-state index contributed by atoms with van der Waals surface area (Å²) >= 11 is 0. The molecule has 0 aromatic rings. The highest BCUT2D eigenvalue weighted by Crippen LogP contribution is 2.50. The minimum atomic E-state index is -0.378. The van der Waals surface area contributed by atoms with Crippen molar-refractivity contribution < 1.29 is 14.6 Å². The number of carbonyl (C=O) groups is 1. The first-order valence-electron chi connectivity index (χ1n) is 4.72. The third-order valence-electron chi connectivity index (χ3n) is 2.99. The molecule has 0 heterocycles. The largest absolute Gasteiger partial charge is 0.459 e. The van der Waals surface area contributed by atoms with E-state index < -0.39 is 0 Å². The van der Waals surface area contributed by atoms with Crippen LogP contribution in [0.15, 0.2) is 12.7 Å². The predicted molar refractivity (Wildman–Crippen MR) is 46.9 cm³/mol. The van der Waals surface area contributed by atoms with Gasteiger partial charge in [0, 0.05) is 12.5 Å². The Morgan fingerprint density at radius 3 is 2.85 bits per heavy atom. The fourth-order valence-electron chi connectivity index (χ4n) is 2.20.